The third-order valence-corrected chi connectivity index (χ3v) is 4.21. The Hall–Kier alpha value is 0. The molecule has 0 aromatic rings. The average molecular weight is 182 g/mol. The van der Waals surface area contributed by atoms with E-state index in [9.17, 15) is 0 Å². The minimum Gasteiger partial charge on any atom is -0.0654 e. The monoisotopic (exact) mass is 182 g/mol. The van der Waals surface area contributed by atoms with Crippen molar-refractivity contribution >= 4 is 0 Å². The lowest BCUT2D eigenvalue weighted by Gasteiger charge is -2.50. The summed E-state index contributed by atoms with van der Waals surface area (Å²) < 4.78 is 0. The van der Waals surface area contributed by atoms with Gasteiger partial charge in [0, 0.05) is 0 Å². The van der Waals surface area contributed by atoms with Gasteiger partial charge in [-0.3, -0.25) is 0 Å². The number of hydrogen-bond donors (Lipinski definition) is 0. The van der Waals surface area contributed by atoms with E-state index in [2.05, 4.69) is 20.8 Å². The molecule has 1 aliphatic rings. The zero-order valence-electron chi connectivity index (χ0n) is 9.73. The van der Waals surface area contributed by atoms with Gasteiger partial charge in [-0.05, 0) is 37.0 Å². The van der Waals surface area contributed by atoms with E-state index in [1.54, 1.807) is 0 Å². The van der Waals surface area contributed by atoms with Gasteiger partial charge in [-0.25, -0.2) is 0 Å². The second-order valence-corrected chi connectivity index (χ2v) is 4.84. The molecule has 1 saturated carbocycles. The zero-order valence-corrected chi connectivity index (χ0v) is 9.73. The Labute approximate surface area is 84.1 Å². The van der Waals surface area contributed by atoms with Crippen LogP contribution in [-0.4, -0.2) is 0 Å². The third kappa shape index (κ3) is 2.27. The van der Waals surface area contributed by atoms with Crippen molar-refractivity contribution in [3.8, 4) is 0 Å². The van der Waals surface area contributed by atoms with Crippen LogP contribution in [0, 0.1) is 11.3 Å². The molecule has 1 rings (SSSR count). The first-order valence-electron chi connectivity index (χ1n) is 6.29. The Kier molecular flexibility index (Phi) is 4.28. The SMILES string of the molecule is CCCCC1CCC1(CC)CCC. The van der Waals surface area contributed by atoms with Gasteiger partial charge in [0.1, 0.15) is 0 Å². The van der Waals surface area contributed by atoms with Crippen LogP contribution in [0.2, 0.25) is 0 Å². The van der Waals surface area contributed by atoms with E-state index in [0.717, 1.165) is 11.3 Å². The molecular weight excluding hydrogens is 156 g/mol. The molecule has 0 aromatic heterocycles. The van der Waals surface area contributed by atoms with Crippen molar-refractivity contribution < 1.29 is 0 Å². The molecule has 1 aliphatic carbocycles. The van der Waals surface area contributed by atoms with Crippen molar-refractivity contribution in [1.82, 2.24) is 0 Å². The molecule has 0 bridgehead atoms. The smallest absolute Gasteiger partial charge is 0.0272 e. The number of rotatable bonds is 6. The van der Waals surface area contributed by atoms with Crippen molar-refractivity contribution in [2.75, 3.05) is 0 Å². The van der Waals surface area contributed by atoms with E-state index in [1.165, 1.54) is 51.4 Å². The molecule has 0 saturated heterocycles. The van der Waals surface area contributed by atoms with Crippen LogP contribution in [0.5, 0.6) is 0 Å². The van der Waals surface area contributed by atoms with Crippen molar-refractivity contribution in [2.45, 2.75) is 72.1 Å². The predicted octanol–water partition coefficient (Wildman–Crippen LogP) is 4.78. The molecule has 0 amide bonds. The fourth-order valence-corrected chi connectivity index (χ4v) is 3.13. The van der Waals surface area contributed by atoms with Crippen molar-refractivity contribution in [2.24, 2.45) is 11.3 Å². The molecule has 2 atom stereocenters. The highest BCUT2D eigenvalue weighted by atomic mass is 14.5. The Bertz CT molecular complexity index is 135. The summed E-state index contributed by atoms with van der Waals surface area (Å²) in [6, 6.07) is 0. The van der Waals surface area contributed by atoms with Gasteiger partial charge in [0.15, 0.2) is 0 Å². The molecule has 13 heavy (non-hydrogen) atoms. The fourth-order valence-electron chi connectivity index (χ4n) is 3.13. The van der Waals surface area contributed by atoms with Crippen LogP contribution in [-0.2, 0) is 0 Å². The Balaban J connectivity index is 2.37. The lowest BCUT2D eigenvalue weighted by molar-refractivity contribution is 0.00749. The first kappa shape index (κ1) is 11.1. The molecule has 0 nitrogen and oxygen atoms in total. The van der Waals surface area contributed by atoms with E-state index < -0.39 is 0 Å². The first-order chi connectivity index (χ1) is 6.29. The molecular formula is C13H26. The highest BCUT2D eigenvalue weighted by Gasteiger charge is 2.43. The van der Waals surface area contributed by atoms with Gasteiger partial charge in [-0.1, -0.05) is 46.5 Å². The summed E-state index contributed by atoms with van der Waals surface area (Å²) in [4.78, 5) is 0. The van der Waals surface area contributed by atoms with E-state index in [1.807, 2.05) is 0 Å². The molecule has 2 unspecified atom stereocenters. The minimum absolute atomic E-state index is 0.782. The van der Waals surface area contributed by atoms with E-state index in [4.69, 9.17) is 0 Å². The quantitative estimate of drug-likeness (QED) is 0.554. The third-order valence-electron chi connectivity index (χ3n) is 4.21. The Morgan fingerprint density at radius 1 is 1.15 bits per heavy atom. The molecule has 0 heteroatoms. The standard InChI is InChI=1S/C13H26/c1-4-7-8-12-9-11-13(12,6-3)10-5-2/h12H,4-11H2,1-3H3. The van der Waals surface area contributed by atoms with Gasteiger partial charge in [-0.2, -0.15) is 0 Å². The van der Waals surface area contributed by atoms with Gasteiger partial charge in [-0.15, -0.1) is 0 Å². The highest BCUT2D eigenvalue weighted by molar-refractivity contribution is 4.93. The minimum atomic E-state index is 0.782. The van der Waals surface area contributed by atoms with Gasteiger partial charge in [0.05, 0.1) is 0 Å². The molecule has 78 valence electrons. The largest absolute Gasteiger partial charge is 0.0654 e. The maximum absolute atomic E-state index is 2.40. The van der Waals surface area contributed by atoms with Crippen LogP contribution in [0.25, 0.3) is 0 Å². The molecule has 0 spiro atoms. The Morgan fingerprint density at radius 3 is 2.31 bits per heavy atom. The molecule has 0 N–H and O–H groups in total. The topological polar surface area (TPSA) is 0 Å². The van der Waals surface area contributed by atoms with Crippen molar-refractivity contribution in [3.63, 3.8) is 0 Å². The summed E-state index contributed by atoms with van der Waals surface area (Å²) in [5.41, 5.74) is 0.782. The van der Waals surface area contributed by atoms with E-state index >= 15 is 0 Å². The summed E-state index contributed by atoms with van der Waals surface area (Å²) in [6.07, 6.45) is 11.7. The van der Waals surface area contributed by atoms with Crippen molar-refractivity contribution in [1.29, 1.82) is 0 Å². The highest BCUT2D eigenvalue weighted by Crippen LogP contribution is 2.54. The maximum Gasteiger partial charge on any atom is -0.0272 e. The number of unbranched alkanes of at least 4 members (excludes halogenated alkanes) is 1. The fraction of sp³-hybridized carbons (Fsp3) is 1.00. The summed E-state index contributed by atoms with van der Waals surface area (Å²) >= 11 is 0. The van der Waals surface area contributed by atoms with Crippen LogP contribution in [0.15, 0.2) is 0 Å². The normalized spacial score (nSPS) is 33.0. The van der Waals surface area contributed by atoms with Gasteiger partial charge in [0.25, 0.3) is 0 Å². The summed E-state index contributed by atoms with van der Waals surface area (Å²) in [5, 5.41) is 0. The van der Waals surface area contributed by atoms with Crippen LogP contribution in [0.1, 0.15) is 72.1 Å². The number of hydrogen-bond acceptors (Lipinski definition) is 0. The molecule has 0 heterocycles. The van der Waals surface area contributed by atoms with E-state index in [0.29, 0.717) is 0 Å². The molecule has 0 aliphatic heterocycles. The van der Waals surface area contributed by atoms with Crippen LogP contribution < -0.4 is 0 Å². The lowest BCUT2D eigenvalue weighted by Crippen LogP contribution is -2.39. The summed E-state index contributed by atoms with van der Waals surface area (Å²) in [5.74, 6) is 1.08. The zero-order chi connectivity index (χ0) is 9.73. The summed E-state index contributed by atoms with van der Waals surface area (Å²) in [7, 11) is 0. The second-order valence-electron chi connectivity index (χ2n) is 4.84. The average Bonchev–Trinajstić information content (AvgIpc) is 2.13. The second kappa shape index (κ2) is 5.02. The van der Waals surface area contributed by atoms with Crippen molar-refractivity contribution in [3.05, 3.63) is 0 Å². The predicted molar refractivity (Wildman–Crippen MR) is 59.9 cm³/mol. The summed E-state index contributed by atoms with van der Waals surface area (Å²) in [6.45, 7) is 7.05. The molecule has 0 aromatic carbocycles. The lowest BCUT2D eigenvalue weighted by atomic mass is 9.55. The molecule has 1 fully saturated rings. The van der Waals surface area contributed by atoms with Crippen LogP contribution >= 0.6 is 0 Å². The maximum atomic E-state index is 2.40. The van der Waals surface area contributed by atoms with Gasteiger partial charge >= 0.3 is 0 Å². The van der Waals surface area contributed by atoms with Gasteiger partial charge in [0.2, 0.25) is 0 Å². The first-order valence-corrected chi connectivity index (χ1v) is 6.29. The van der Waals surface area contributed by atoms with Crippen LogP contribution in [0.4, 0.5) is 0 Å². The van der Waals surface area contributed by atoms with Gasteiger partial charge < -0.3 is 0 Å². The Morgan fingerprint density at radius 2 is 1.92 bits per heavy atom. The van der Waals surface area contributed by atoms with Crippen LogP contribution in [0.3, 0.4) is 0 Å². The molecule has 0 radical (unpaired) electrons. The van der Waals surface area contributed by atoms with E-state index in [-0.39, 0.29) is 0 Å².